The summed E-state index contributed by atoms with van der Waals surface area (Å²) < 4.78 is 10.2. The third-order valence-electron chi connectivity index (χ3n) is 4.40. The number of carbonyl (C=O) groups is 3. The van der Waals surface area contributed by atoms with Gasteiger partial charge in [-0.1, -0.05) is 58.3 Å². The highest BCUT2D eigenvalue weighted by Crippen LogP contribution is 2.10. The smallest absolute Gasteiger partial charge is 0.306 e. The molecule has 0 fully saturated rings. The van der Waals surface area contributed by atoms with E-state index in [1.807, 2.05) is 0 Å². The van der Waals surface area contributed by atoms with Crippen molar-refractivity contribution in [1.29, 1.82) is 0 Å². The maximum atomic E-state index is 11.6. The molecule has 0 aliphatic carbocycles. The number of unbranched alkanes of at least 4 members (excludes halogenated alkanes) is 9. The Kier molecular flexibility index (Phi) is 16.1. The van der Waals surface area contributed by atoms with Crippen LogP contribution in [0.1, 0.15) is 104 Å². The van der Waals surface area contributed by atoms with Crippen LogP contribution >= 0.6 is 0 Å². The molecule has 1 atom stereocenters. The van der Waals surface area contributed by atoms with E-state index < -0.39 is 6.10 Å². The maximum Gasteiger partial charge on any atom is 0.306 e. The topological polar surface area (TPSA) is 69.7 Å². The highest BCUT2D eigenvalue weighted by Gasteiger charge is 2.12. The Morgan fingerprint density at radius 1 is 0.731 bits per heavy atom. The van der Waals surface area contributed by atoms with Crippen LogP contribution in [0, 0.1) is 0 Å². The van der Waals surface area contributed by atoms with Crippen molar-refractivity contribution < 1.29 is 23.9 Å². The van der Waals surface area contributed by atoms with Gasteiger partial charge in [0, 0.05) is 12.8 Å². The van der Waals surface area contributed by atoms with Crippen LogP contribution < -0.4 is 0 Å². The predicted octanol–water partition coefficient (Wildman–Crippen LogP) is 5.14. The number of ketones is 1. The summed E-state index contributed by atoms with van der Waals surface area (Å²) in [6, 6.07) is 0. The second kappa shape index (κ2) is 17.0. The summed E-state index contributed by atoms with van der Waals surface area (Å²) in [4.78, 5) is 34.1. The van der Waals surface area contributed by atoms with Crippen LogP contribution in [0.5, 0.6) is 0 Å². The Balaban J connectivity index is 3.36. The molecule has 0 rings (SSSR count). The zero-order chi connectivity index (χ0) is 19.6. The van der Waals surface area contributed by atoms with Crippen LogP contribution in [0.4, 0.5) is 0 Å². The lowest BCUT2D eigenvalue weighted by atomic mass is 10.1. The van der Waals surface area contributed by atoms with Crippen molar-refractivity contribution in [1.82, 2.24) is 0 Å². The molecule has 26 heavy (non-hydrogen) atoms. The monoisotopic (exact) mass is 370 g/mol. The fraction of sp³-hybridized carbons (Fsp3) is 0.857. The van der Waals surface area contributed by atoms with Gasteiger partial charge in [0.2, 0.25) is 0 Å². The minimum absolute atomic E-state index is 0.0807. The Labute approximate surface area is 159 Å². The lowest BCUT2D eigenvalue weighted by molar-refractivity contribution is -0.153. The van der Waals surface area contributed by atoms with Gasteiger partial charge in [-0.25, -0.2) is 0 Å². The van der Waals surface area contributed by atoms with Gasteiger partial charge in [-0.2, -0.15) is 0 Å². The summed E-state index contributed by atoms with van der Waals surface area (Å²) in [5.74, 6) is -0.513. The van der Waals surface area contributed by atoms with Crippen molar-refractivity contribution in [3.05, 3.63) is 0 Å². The SMILES string of the molecule is CCCCCCCOC(=O)CCCCCCCCC(=O)OC(C)C(C)=O. The normalized spacial score (nSPS) is 11.8. The quantitative estimate of drug-likeness (QED) is 0.262. The van der Waals surface area contributed by atoms with E-state index in [1.54, 1.807) is 6.92 Å². The van der Waals surface area contributed by atoms with Gasteiger partial charge >= 0.3 is 11.9 Å². The Bertz CT molecular complexity index is 392. The van der Waals surface area contributed by atoms with Gasteiger partial charge in [0.25, 0.3) is 0 Å². The maximum absolute atomic E-state index is 11.6. The fourth-order valence-electron chi connectivity index (χ4n) is 2.55. The molecule has 152 valence electrons. The summed E-state index contributed by atoms with van der Waals surface area (Å²) in [5.41, 5.74) is 0. The number of Topliss-reactive ketones (excluding diaryl/α,β-unsaturated/α-hetero) is 1. The van der Waals surface area contributed by atoms with E-state index in [1.165, 1.54) is 26.2 Å². The molecule has 0 bridgehead atoms. The molecule has 0 heterocycles. The van der Waals surface area contributed by atoms with Crippen LogP contribution in [0.2, 0.25) is 0 Å². The first kappa shape index (κ1) is 24.6. The van der Waals surface area contributed by atoms with Gasteiger partial charge in [-0.05, 0) is 33.1 Å². The molecule has 0 aromatic carbocycles. The molecule has 0 aromatic rings. The molecule has 0 N–H and O–H groups in total. The second-order valence-corrected chi connectivity index (χ2v) is 7.00. The molecule has 0 aliphatic heterocycles. The van der Waals surface area contributed by atoms with Gasteiger partial charge in [-0.3, -0.25) is 14.4 Å². The van der Waals surface area contributed by atoms with E-state index in [9.17, 15) is 14.4 Å². The first-order valence-electron chi connectivity index (χ1n) is 10.3. The summed E-state index contributed by atoms with van der Waals surface area (Å²) in [5, 5.41) is 0. The number of esters is 2. The first-order chi connectivity index (χ1) is 12.5. The number of ether oxygens (including phenoxy) is 2. The van der Waals surface area contributed by atoms with Crippen molar-refractivity contribution in [2.75, 3.05) is 6.61 Å². The molecular formula is C21H38O5. The van der Waals surface area contributed by atoms with Crippen LogP contribution in [0.25, 0.3) is 0 Å². The first-order valence-corrected chi connectivity index (χ1v) is 10.3. The second-order valence-electron chi connectivity index (χ2n) is 7.00. The lowest BCUT2D eigenvalue weighted by Gasteiger charge is -2.09. The van der Waals surface area contributed by atoms with E-state index in [4.69, 9.17) is 9.47 Å². The van der Waals surface area contributed by atoms with Crippen molar-refractivity contribution in [3.63, 3.8) is 0 Å². The minimum atomic E-state index is -0.640. The summed E-state index contributed by atoms with van der Waals surface area (Å²) in [6.45, 7) is 5.76. The van der Waals surface area contributed by atoms with E-state index in [-0.39, 0.29) is 17.7 Å². The van der Waals surface area contributed by atoms with Gasteiger partial charge in [0.05, 0.1) is 6.61 Å². The van der Waals surface area contributed by atoms with Crippen LogP contribution in [-0.2, 0) is 23.9 Å². The molecule has 0 radical (unpaired) electrons. The van der Waals surface area contributed by atoms with E-state index in [2.05, 4.69) is 6.92 Å². The zero-order valence-electron chi connectivity index (χ0n) is 17.0. The molecule has 0 saturated heterocycles. The summed E-state index contributed by atoms with van der Waals surface area (Å²) in [7, 11) is 0. The average molecular weight is 371 g/mol. The van der Waals surface area contributed by atoms with Crippen molar-refractivity contribution in [3.8, 4) is 0 Å². The van der Waals surface area contributed by atoms with Crippen molar-refractivity contribution in [2.24, 2.45) is 0 Å². The van der Waals surface area contributed by atoms with Crippen LogP contribution in [0.3, 0.4) is 0 Å². The number of carbonyl (C=O) groups excluding carboxylic acids is 3. The van der Waals surface area contributed by atoms with Crippen molar-refractivity contribution >= 4 is 17.7 Å². The molecule has 0 spiro atoms. The Hall–Kier alpha value is -1.39. The molecule has 0 saturated carbocycles. The molecule has 1 unspecified atom stereocenters. The van der Waals surface area contributed by atoms with Crippen LogP contribution in [-0.4, -0.2) is 30.4 Å². The molecule has 5 heteroatoms. The summed E-state index contributed by atoms with van der Waals surface area (Å²) >= 11 is 0. The Morgan fingerprint density at radius 3 is 1.81 bits per heavy atom. The molecular weight excluding hydrogens is 332 g/mol. The highest BCUT2D eigenvalue weighted by atomic mass is 16.5. The average Bonchev–Trinajstić information content (AvgIpc) is 2.60. The van der Waals surface area contributed by atoms with Gasteiger partial charge in [0.15, 0.2) is 11.9 Å². The van der Waals surface area contributed by atoms with Gasteiger partial charge < -0.3 is 9.47 Å². The van der Waals surface area contributed by atoms with Gasteiger partial charge in [-0.15, -0.1) is 0 Å². The number of rotatable bonds is 17. The van der Waals surface area contributed by atoms with E-state index >= 15 is 0 Å². The lowest BCUT2D eigenvalue weighted by Crippen LogP contribution is -2.21. The fourth-order valence-corrected chi connectivity index (χ4v) is 2.55. The Morgan fingerprint density at radius 2 is 1.23 bits per heavy atom. The molecule has 0 amide bonds. The van der Waals surface area contributed by atoms with Crippen LogP contribution in [0.15, 0.2) is 0 Å². The molecule has 0 aliphatic rings. The van der Waals surface area contributed by atoms with E-state index in [0.29, 0.717) is 19.4 Å². The predicted molar refractivity (Wildman–Crippen MR) is 103 cm³/mol. The minimum Gasteiger partial charge on any atom is -0.466 e. The van der Waals surface area contributed by atoms with E-state index in [0.717, 1.165) is 51.4 Å². The third-order valence-corrected chi connectivity index (χ3v) is 4.40. The van der Waals surface area contributed by atoms with Crippen molar-refractivity contribution in [2.45, 2.75) is 110 Å². The zero-order valence-corrected chi connectivity index (χ0v) is 17.0. The largest absolute Gasteiger partial charge is 0.466 e. The summed E-state index contributed by atoms with van der Waals surface area (Å²) in [6.07, 6.45) is 11.8. The number of hydrogen-bond donors (Lipinski definition) is 0. The number of hydrogen-bond acceptors (Lipinski definition) is 5. The third kappa shape index (κ3) is 16.1. The highest BCUT2D eigenvalue weighted by molar-refractivity contribution is 5.83. The van der Waals surface area contributed by atoms with Gasteiger partial charge in [0.1, 0.15) is 0 Å². The molecule has 0 aromatic heterocycles. The molecule has 5 nitrogen and oxygen atoms in total. The standard InChI is InChI=1S/C21H38O5/c1-4-5-6-11-14-17-25-20(23)15-12-9-7-8-10-13-16-21(24)26-19(3)18(2)22/h19H,4-17H2,1-3H3.